The average molecular weight is 297 g/mol. The maximum Gasteiger partial charge on any atom is 0.204 e. The van der Waals surface area contributed by atoms with E-state index in [-0.39, 0.29) is 0 Å². The Morgan fingerprint density at radius 3 is 2.62 bits per heavy atom. The molecule has 0 fully saturated rings. The number of rotatable bonds is 4. The lowest BCUT2D eigenvalue weighted by Crippen LogP contribution is -1.99. The van der Waals surface area contributed by atoms with Crippen molar-refractivity contribution in [3.05, 3.63) is 54.1 Å². The second-order valence-corrected chi connectivity index (χ2v) is 5.55. The summed E-state index contributed by atoms with van der Waals surface area (Å²) in [5.41, 5.74) is 5.96. The fourth-order valence-electron chi connectivity index (χ4n) is 1.95. The Morgan fingerprint density at radius 1 is 1.14 bits per heavy atom. The van der Waals surface area contributed by atoms with Crippen molar-refractivity contribution in [3.63, 3.8) is 0 Å². The first-order valence-electron chi connectivity index (χ1n) is 6.56. The minimum Gasteiger partial charge on any atom is -0.497 e. The Morgan fingerprint density at radius 2 is 1.90 bits per heavy atom. The topological polar surface area (TPSA) is 46.5 Å². The number of nitrogens with one attached hydrogen (secondary N) is 1. The highest BCUT2D eigenvalue weighted by Crippen LogP contribution is 2.25. The van der Waals surface area contributed by atoms with Crippen molar-refractivity contribution in [3.8, 4) is 5.75 Å². The van der Waals surface area contributed by atoms with Gasteiger partial charge in [0.05, 0.1) is 23.0 Å². The average Bonchev–Trinajstić information content (AvgIpc) is 2.95. The Balaban J connectivity index is 1.77. The number of nitrogens with zero attached hydrogens (tertiary/aromatic N) is 2. The summed E-state index contributed by atoms with van der Waals surface area (Å²) in [4.78, 5) is 4.49. The first kappa shape index (κ1) is 13.6. The third-order valence-corrected chi connectivity index (χ3v) is 4.06. The number of anilines is 1. The van der Waals surface area contributed by atoms with Gasteiger partial charge in [-0.15, -0.1) is 0 Å². The highest BCUT2D eigenvalue weighted by atomic mass is 32.1. The monoisotopic (exact) mass is 297 g/mol. The van der Waals surface area contributed by atoms with Crippen LogP contribution >= 0.6 is 11.3 Å². The first-order chi connectivity index (χ1) is 10.3. The molecule has 3 aromatic rings. The summed E-state index contributed by atoms with van der Waals surface area (Å²) >= 11 is 1.59. The smallest absolute Gasteiger partial charge is 0.204 e. The maximum atomic E-state index is 5.15. The van der Waals surface area contributed by atoms with Crippen LogP contribution in [0.1, 0.15) is 12.5 Å². The molecule has 106 valence electrons. The normalized spacial score (nSPS) is 11.6. The molecule has 1 heterocycles. The van der Waals surface area contributed by atoms with Crippen LogP contribution in [0.5, 0.6) is 5.75 Å². The van der Waals surface area contributed by atoms with Gasteiger partial charge in [-0.2, -0.15) is 5.10 Å². The van der Waals surface area contributed by atoms with Crippen LogP contribution in [0.25, 0.3) is 10.2 Å². The lowest BCUT2D eigenvalue weighted by molar-refractivity contribution is 0.415. The van der Waals surface area contributed by atoms with Gasteiger partial charge in [0.15, 0.2) is 0 Å². The summed E-state index contributed by atoms with van der Waals surface area (Å²) in [5.74, 6) is 0.839. The third kappa shape index (κ3) is 3.03. The number of benzene rings is 2. The Labute approximate surface area is 127 Å². The predicted molar refractivity (Wildman–Crippen MR) is 88.4 cm³/mol. The molecule has 0 aliphatic carbocycles. The molecule has 0 saturated heterocycles. The summed E-state index contributed by atoms with van der Waals surface area (Å²) in [6, 6.07) is 15.9. The molecule has 0 amide bonds. The molecule has 4 nitrogen and oxygen atoms in total. The Kier molecular flexibility index (Phi) is 3.83. The number of aromatic nitrogens is 1. The van der Waals surface area contributed by atoms with Crippen LogP contribution in [0.3, 0.4) is 0 Å². The number of thiazole rings is 1. The second kappa shape index (κ2) is 5.93. The van der Waals surface area contributed by atoms with Gasteiger partial charge in [0.1, 0.15) is 5.75 Å². The molecule has 0 aliphatic heterocycles. The molecule has 2 aromatic carbocycles. The molecular weight excluding hydrogens is 282 g/mol. The molecule has 3 rings (SSSR count). The van der Waals surface area contributed by atoms with Gasteiger partial charge in [-0.1, -0.05) is 23.5 Å². The van der Waals surface area contributed by atoms with Crippen molar-refractivity contribution in [1.29, 1.82) is 0 Å². The van der Waals surface area contributed by atoms with E-state index in [0.29, 0.717) is 0 Å². The number of hydrazone groups is 1. The van der Waals surface area contributed by atoms with E-state index >= 15 is 0 Å². The highest BCUT2D eigenvalue weighted by Gasteiger charge is 2.02. The van der Waals surface area contributed by atoms with Crippen molar-refractivity contribution in [2.24, 2.45) is 5.10 Å². The standard InChI is InChI=1S/C16H15N3OS/c1-11(12-7-9-13(20-2)10-8-12)18-19-16-17-14-5-3-4-6-15(14)21-16/h3-10H,1-2H3,(H,17,19). The molecule has 0 saturated carbocycles. The van der Waals surface area contributed by atoms with Gasteiger partial charge in [-0.3, -0.25) is 5.43 Å². The minimum atomic E-state index is 0.795. The molecule has 0 unspecified atom stereocenters. The number of fused-ring (bicyclic) bond motifs is 1. The first-order valence-corrected chi connectivity index (χ1v) is 7.38. The van der Waals surface area contributed by atoms with Gasteiger partial charge in [-0.05, 0) is 48.9 Å². The zero-order chi connectivity index (χ0) is 14.7. The number of hydrogen-bond donors (Lipinski definition) is 1. The lowest BCUT2D eigenvalue weighted by Gasteiger charge is -2.03. The van der Waals surface area contributed by atoms with Gasteiger partial charge < -0.3 is 4.74 Å². The SMILES string of the molecule is COc1ccc(C(C)=NNc2nc3ccccc3s2)cc1. The van der Waals surface area contributed by atoms with E-state index in [4.69, 9.17) is 4.74 Å². The fourth-order valence-corrected chi connectivity index (χ4v) is 2.76. The van der Waals surface area contributed by atoms with Crippen molar-refractivity contribution < 1.29 is 4.74 Å². The van der Waals surface area contributed by atoms with Crippen molar-refractivity contribution in [2.75, 3.05) is 12.5 Å². The molecule has 0 atom stereocenters. The predicted octanol–water partition coefficient (Wildman–Crippen LogP) is 4.14. The summed E-state index contributed by atoms with van der Waals surface area (Å²) in [6.45, 7) is 1.96. The van der Waals surface area contributed by atoms with Gasteiger partial charge in [0.25, 0.3) is 0 Å². The van der Waals surface area contributed by atoms with Crippen LogP contribution in [0.2, 0.25) is 0 Å². The zero-order valence-electron chi connectivity index (χ0n) is 11.8. The Bertz CT molecular complexity index is 745. The fraction of sp³-hybridized carbons (Fsp3) is 0.125. The van der Waals surface area contributed by atoms with Crippen LogP contribution in [0.15, 0.2) is 53.6 Å². The van der Waals surface area contributed by atoms with Crippen molar-refractivity contribution in [1.82, 2.24) is 4.98 Å². The molecule has 0 bridgehead atoms. The molecule has 0 aliphatic rings. The van der Waals surface area contributed by atoms with Gasteiger partial charge in [-0.25, -0.2) is 4.98 Å². The summed E-state index contributed by atoms with van der Waals surface area (Å²) < 4.78 is 6.30. The highest BCUT2D eigenvalue weighted by molar-refractivity contribution is 7.22. The van der Waals surface area contributed by atoms with E-state index in [1.54, 1.807) is 18.4 Å². The number of para-hydroxylation sites is 1. The van der Waals surface area contributed by atoms with Crippen LogP contribution < -0.4 is 10.2 Å². The van der Waals surface area contributed by atoms with E-state index in [1.165, 1.54) is 0 Å². The van der Waals surface area contributed by atoms with Gasteiger partial charge in [0.2, 0.25) is 5.13 Å². The third-order valence-electron chi connectivity index (χ3n) is 3.12. The quantitative estimate of drug-likeness (QED) is 0.581. The van der Waals surface area contributed by atoms with Crippen LogP contribution in [-0.2, 0) is 0 Å². The second-order valence-electron chi connectivity index (χ2n) is 4.52. The van der Waals surface area contributed by atoms with Crippen LogP contribution in [0, 0.1) is 0 Å². The van der Waals surface area contributed by atoms with E-state index in [0.717, 1.165) is 32.4 Å². The number of hydrogen-bond acceptors (Lipinski definition) is 5. The van der Waals surface area contributed by atoms with E-state index in [9.17, 15) is 0 Å². The van der Waals surface area contributed by atoms with Gasteiger partial charge >= 0.3 is 0 Å². The summed E-state index contributed by atoms with van der Waals surface area (Å²) in [7, 11) is 1.66. The largest absolute Gasteiger partial charge is 0.497 e. The zero-order valence-corrected chi connectivity index (χ0v) is 12.6. The molecular formula is C16H15N3OS. The minimum absolute atomic E-state index is 0.795. The molecule has 0 radical (unpaired) electrons. The van der Waals surface area contributed by atoms with Gasteiger partial charge in [0, 0.05) is 0 Å². The van der Waals surface area contributed by atoms with E-state index in [1.807, 2.05) is 49.4 Å². The van der Waals surface area contributed by atoms with Crippen molar-refractivity contribution in [2.45, 2.75) is 6.92 Å². The number of ether oxygens (including phenoxy) is 1. The molecule has 0 spiro atoms. The van der Waals surface area contributed by atoms with E-state index < -0.39 is 0 Å². The summed E-state index contributed by atoms with van der Waals surface area (Å²) in [5, 5.41) is 5.18. The molecule has 1 aromatic heterocycles. The summed E-state index contributed by atoms with van der Waals surface area (Å²) in [6.07, 6.45) is 0. The molecule has 21 heavy (non-hydrogen) atoms. The van der Waals surface area contributed by atoms with Crippen molar-refractivity contribution >= 4 is 32.4 Å². The maximum absolute atomic E-state index is 5.15. The number of methoxy groups -OCH3 is 1. The van der Waals surface area contributed by atoms with Crippen LogP contribution in [-0.4, -0.2) is 17.8 Å². The Hall–Kier alpha value is -2.40. The molecule has 1 N–H and O–H groups in total. The van der Waals surface area contributed by atoms with Crippen LogP contribution in [0.4, 0.5) is 5.13 Å². The lowest BCUT2D eigenvalue weighted by atomic mass is 10.1. The molecule has 5 heteroatoms. The van der Waals surface area contributed by atoms with E-state index in [2.05, 4.69) is 21.6 Å².